The molecule has 0 aliphatic heterocycles. The van der Waals surface area contributed by atoms with Gasteiger partial charge in [-0.25, -0.2) is 4.98 Å². The van der Waals surface area contributed by atoms with E-state index < -0.39 is 0 Å². The molecule has 2 aliphatic rings. The monoisotopic (exact) mass is 375 g/mol. The van der Waals surface area contributed by atoms with Gasteiger partial charge in [-0.2, -0.15) is 10.2 Å². The summed E-state index contributed by atoms with van der Waals surface area (Å²) in [4.78, 5) is 5.07. The molecule has 0 saturated carbocycles. The molecule has 0 amide bonds. The van der Waals surface area contributed by atoms with Gasteiger partial charge in [0, 0.05) is 35.6 Å². The van der Waals surface area contributed by atoms with Crippen molar-refractivity contribution in [3.63, 3.8) is 0 Å². The van der Waals surface area contributed by atoms with Crippen molar-refractivity contribution < 1.29 is 0 Å². The Morgan fingerprint density at radius 3 is 1.64 bits per heavy atom. The molecule has 0 atom stereocenters. The second kappa shape index (κ2) is 7.19. The molecule has 146 valence electrons. The van der Waals surface area contributed by atoms with Gasteiger partial charge >= 0.3 is 0 Å². The first-order chi connectivity index (χ1) is 13.8. The Kier molecular flexibility index (Phi) is 4.53. The zero-order chi connectivity index (χ0) is 19.1. The zero-order valence-electron chi connectivity index (χ0n) is 17.0. The normalized spacial score (nSPS) is 16.1. The molecule has 0 bridgehead atoms. The first-order valence-corrected chi connectivity index (χ1v) is 10.9. The van der Waals surface area contributed by atoms with Crippen LogP contribution in [-0.4, -0.2) is 24.5 Å². The number of aromatic nitrogens is 5. The summed E-state index contributed by atoms with van der Waals surface area (Å²) in [5.74, 6) is 0. The van der Waals surface area contributed by atoms with Gasteiger partial charge in [-0.1, -0.05) is 6.07 Å². The molecule has 0 saturated heterocycles. The highest BCUT2D eigenvalue weighted by Gasteiger charge is 2.24. The molecule has 3 aromatic heterocycles. The predicted molar refractivity (Wildman–Crippen MR) is 111 cm³/mol. The van der Waals surface area contributed by atoms with Crippen LogP contribution in [0.15, 0.2) is 18.2 Å². The summed E-state index contributed by atoms with van der Waals surface area (Å²) < 4.78 is 4.37. The van der Waals surface area contributed by atoms with Crippen LogP contribution in [-0.2, 0) is 38.8 Å². The van der Waals surface area contributed by atoms with Crippen LogP contribution in [0.3, 0.4) is 0 Å². The Balaban J connectivity index is 1.61. The molecule has 5 heteroatoms. The molecule has 0 unspecified atom stereocenters. The van der Waals surface area contributed by atoms with E-state index in [1.165, 1.54) is 48.2 Å². The number of pyridine rings is 1. The van der Waals surface area contributed by atoms with Crippen LogP contribution < -0.4 is 0 Å². The topological polar surface area (TPSA) is 48.5 Å². The zero-order valence-corrected chi connectivity index (χ0v) is 17.0. The molecule has 0 radical (unpaired) electrons. The maximum absolute atomic E-state index is 5.07. The lowest BCUT2D eigenvalue weighted by Crippen LogP contribution is -2.08. The van der Waals surface area contributed by atoms with Crippen LogP contribution in [0.1, 0.15) is 62.0 Å². The Labute approximate surface area is 166 Å². The van der Waals surface area contributed by atoms with Crippen LogP contribution in [0.25, 0.3) is 22.8 Å². The fourth-order valence-corrected chi connectivity index (χ4v) is 4.97. The van der Waals surface area contributed by atoms with Gasteiger partial charge in [-0.05, 0) is 77.3 Å². The summed E-state index contributed by atoms with van der Waals surface area (Å²) in [6, 6.07) is 6.35. The third kappa shape index (κ3) is 2.79. The van der Waals surface area contributed by atoms with Crippen molar-refractivity contribution in [1.29, 1.82) is 0 Å². The van der Waals surface area contributed by atoms with E-state index in [4.69, 9.17) is 15.2 Å². The van der Waals surface area contributed by atoms with Crippen molar-refractivity contribution in [2.75, 3.05) is 0 Å². The lowest BCUT2D eigenvalue weighted by Gasteiger charge is -2.14. The average Bonchev–Trinajstić information content (AvgIpc) is 3.32. The summed E-state index contributed by atoms with van der Waals surface area (Å²) >= 11 is 0. The quantitative estimate of drug-likeness (QED) is 0.669. The maximum atomic E-state index is 5.07. The number of hydrogen-bond donors (Lipinski definition) is 0. The van der Waals surface area contributed by atoms with Gasteiger partial charge in [0.25, 0.3) is 0 Å². The van der Waals surface area contributed by atoms with Crippen molar-refractivity contribution >= 4 is 0 Å². The first-order valence-electron chi connectivity index (χ1n) is 10.9. The third-order valence-corrected chi connectivity index (χ3v) is 6.35. The molecular formula is C23H29N5. The minimum Gasteiger partial charge on any atom is -0.269 e. The average molecular weight is 376 g/mol. The Bertz CT molecular complexity index is 933. The Morgan fingerprint density at radius 1 is 0.714 bits per heavy atom. The van der Waals surface area contributed by atoms with Gasteiger partial charge in [0.05, 0.1) is 11.4 Å². The van der Waals surface area contributed by atoms with E-state index in [2.05, 4.69) is 41.4 Å². The van der Waals surface area contributed by atoms with Gasteiger partial charge in [0.15, 0.2) is 0 Å². The van der Waals surface area contributed by atoms with Crippen LogP contribution >= 0.6 is 0 Å². The van der Waals surface area contributed by atoms with Gasteiger partial charge in [0.2, 0.25) is 0 Å². The van der Waals surface area contributed by atoms with Crippen molar-refractivity contribution in [2.45, 2.75) is 78.3 Å². The van der Waals surface area contributed by atoms with Crippen molar-refractivity contribution in [2.24, 2.45) is 0 Å². The minimum absolute atomic E-state index is 0.927. The molecule has 2 aliphatic carbocycles. The summed E-state index contributed by atoms with van der Waals surface area (Å²) in [5, 5.41) is 9.91. The molecule has 28 heavy (non-hydrogen) atoms. The van der Waals surface area contributed by atoms with Crippen LogP contribution in [0, 0.1) is 0 Å². The third-order valence-electron chi connectivity index (χ3n) is 6.35. The van der Waals surface area contributed by atoms with Crippen molar-refractivity contribution in [3.05, 3.63) is 40.7 Å². The van der Waals surface area contributed by atoms with Crippen LogP contribution in [0.5, 0.6) is 0 Å². The fraction of sp³-hybridized carbons (Fsp3) is 0.522. The van der Waals surface area contributed by atoms with E-state index in [0.717, 1.165) is 61.5 Å². The molecule has 5 rings (SSSR count). The standard InChI is InChI=1S/C23H29N5/c1-3-27-20-14-7-5-10-16(20)22(25-27)18-12-9-13-19(24-18)23-17-11-6-8-15-21(17)28(4-2)26-23/h9,12-13H,3-8,10-11,14-15H2,1-2H3. The van der Waals surface area contributed by atoms with E-state index in [1.54, 1.807) is 0 Å². The molecule has 0 fully saturated rings. The summed E-state index contributed by atoms with van der Waals surface area (Å²) in [6.07, 6.45) is 9.58. The Hall–Kier alpha value is -2.43. The summed E-state index contributed by atoms with van der Waals surface area (Å²) in [7, 11) is 0. The largest absolute Gasteiger partial charge is 0.269 e. The number of nitrogens with zero attached hydrogens (tertiary/aromatic N) is 5. The number of aryl methyl sites for hydroxylation is 2. The summed E-state index contributed by atoms with van der Waals surface area (Å²) in [6.45, 7) is 6.21. The lowest BCUT2D eigenvalue weighted by atomic mass is 9.94. The Morgan fingerprint density at radius 2 is 1.18 bits per heavy atom. The van der Waals surface area contributed by atoms with Gasteiger partial charge in [-0.3, -0.25) is 9.36 Å². The van der Waals surface area contributed by atoms with Crippen LogP contribution in [0.2, 0.25) is 0 Å². The number of fused-ring (bicyclic) bond motifs is 2. The fourth-order valence-electron chi connectivity index (χ4n) is 4.97. The SMILES string of the molecule is CCn1nc(-c2cccc(-c3nn(CC)c4c3CCCC4)n2)c2c1CCCC2. The maximum Gasteiger partial charge on any atom is 0.114 e. The molecule has 3 heterocycles. The highest BCUT2D eigenvalue weighted by Crippen LogP contribution is 2.34. The van der Waals surface area contributed by atoms with E-state index >= 15 is 0 Å². The molecule has 3 aromatic rings. The molecule has 5 nitrogen and oxygen atoms in total. The molecular weight excluding hydrogens is 346 g/mol. The van der Waals surface area contributed by atoms with E-state index in [-0.39, 0.29) is 0 Å². The van der Waals surface area contributed by atoms with Gasteiger partial charge < -0.3 is 0 Å². The number of rotatable bonds is 4. The molecule has 0 N–H and O–H groups in total. The van der Waals surface area contributed by atoms with E-state index in [9.17, 15) is 0 Å². The van der Waals surface area contributed by atoms with Gasteiger partial charge in [-0.15, -0.1) is 0 Å². The highest BCUT2D eigenvalue weighted by molar-refractivity contribution is 5.67. The molecule has 0 spiro atoms. The van der Waals surface area contributed by atoms with Crippen molar-refractivity contribution in [1.82, 2.24) is 24.5 Å². The summed E-state index contributed by atoms with van der Waals surface area (Å²) in [5.41, 5.74) is 9.84. The predicted octanol–water partition coefficient (Wildman–Crippen LogP) is 4.61. The van der Waals surface area contributed by atoms with Crippen LogP contribution in [0.4, 0.5) is 0 Å². The van der Waals surface area contributed by atoms with Gasteiger partial charge in [0.1, 0.15) is 11.4 Å². The lowest BCUT2D eigenvalue weighted by molar-refractivity contribution is 0.582. The second-order valence-electron chi connectivity index (χ2n) is 8.00. The smallest absolute Gasteiger partial charge is 0.114 e. The highest BCUT2D eigenvalue weighted by atomic mass is 15.3. The van der Waals surface area contributed by atoms with E-state index in [1.807, 2.05) is 0 Å². The van der Waals surface area contributed by atoms with E-state index in [0.29, 0.717) is 0 Å². The minimum atomic E-state index is 0.927. The van der Waals surface area contributed by atoms with Crippen molar-refractivity contribution in [3.8, 4) is 22.8 Å². The first kappa shape index (κ1) is 17.7. The second-order valence-corrected chi connectivity index (χ2v) is 8.00. The number of hydrogen-bond acceptors (Lipinski definition) is 3. The molecule has 0 aromatic carbocycles.